The molecule has 0 bridgehead atoms. The third-order valence-electron chi connectivity index (χ3n) is 3.34. The molecule has 2 atom stereocenters. The van der Waals surface area contributed by atoms with E-state index in [1.807, 2.05) is 96.9 Å². The van der Waals surface area contributed by atoms with Crippen molar-refractivity contribution in [3.63, 3.8) is 0 Å². The predicted octanol–water partition coefficient (Wildman–Crippen LogP) is 25.2. The van der Waals surface area contributed by atoms with Gasteiger partial charge in [-0.2, -0.15) is 31.6 Å². The van der Waals surface area contributed by atoms with Gasteiger partial charge in [0.05, 0.1) is 36.4 Å². The summed E-state index contributed by atoms with van der Waals surface area (Å²) < 4.78 is 192. The van der Waals surface area contributed by atoms with Crippen molar-refractivity contribution < 1.29 is 146 Å². The molecule has 0 radical (unpaired) electrons. The summed E-state index contributed by atoms with van der Waals surface area (Å²) >= 11 is -43.8. The summed E-state index contributed by atoms with van der Waals surface area (Å²) in [5.74, 6) is 1.56. The number of nitriles is 6. The van der Waals surface area contributed by atoms with Crippen LogP contribution in [0.5, 0.6) is 0 Å². The predicted molar refractivity (Wildman–Crippen MR) is 241 cm³/mol. The minimum absolute atomic E-state index is 0.153. The molecule has 0 spiro atoms. The van der Waals surface area contributed by atoms with E-state index in [0.29, 0.717) is 24.7 Å². The summed E-state index contributed by atoms with van der Waals surface area (Å²) in [5.41, 5.74) is -0.306. The third kappa shape index (κ3) is 696. The van der Waals surface area contributed by atoms with Gasteiger partial charge in [0.25, 0.3) is 0 Å². The van der Waals surface area contributed by atoms with Gasteiger partial charge in [-0.25, -0.2) is 0 Å². The molecule has 0 aromatic carbocycles. The Morgan fingerprint density at radius 2 is 0.542 bits per heavy atom. The molecule has 0 aliphatic rings. The van der Waals surface area contributed by atoms with Gasteiger partial charge in [-0.3, -0.25) is 0 Å². The Hall–Kier alpha value is 3.60. The van der Waals surface area contributed by atoms with Crippen molar-refractivity contribution in [2.75, 3.05) is 0 Å². The number of hydrogen-bond acceptors (Lipinski definition) is 6. The Morgan fingerprint density at radius 3 is 0.542 bits per heavy atom. The van der Waals surface area contributed by atoms with E-state index in [4.69, 9.17) is 31.6 Å². The number of halogens is 30. The van der Waals surface area contributed by atoms with Crippen molar-refractivity contribution >= 4 is 110 Å². The Balaban J connectivity index is -0.0000000545. The van der Waals surface area contributed by atoms with E-state index < -0.39 is 91.8 Å². The Labute approximate surface area is 474 Å². The molecule has 0 saturated heterocycles. The molecule has 0 rings (SSSR count). The van der Waals surface area contributed by atoms with Gasteiger partial charge in [-0.15, -0.1) is 0 Å². The second-order valence-electron chi connectivity index (χ2n) is 14.9. The average Bonchev–Trinajstić information content (AvgIpc) is 2.97. The Kier molecular flexibility index (Phi) is 61.3. The van der Waals surface area contributed by atoms with Crippen LogP contribution in [-0.2, 0) is 91.8 Å². The average molecular weight is 2090 g/mol. The van der Waals surface area contributed by atoms with Crippen molar-refractivity contribution in [3.8, 4) is 36.4 Å². The standard InChI is InChI=1S/6C5H9N.12ClH.18FH.3Nb.3Ta/c2*1-5(2,3)4-6;2*1-5(2)3-4-6;2*1-3-5(2)4-6;;;;;;;;;;;;;;;;;;;;;;;;;;;;;;;;;;;;/h2*1-3H3;4*5H,3H2,1-2H3;30*1H;;;;;;/q;;;;;;;;;;;;;;;;;;;;;;;;;;;;;;;;;;;;6*+5/p-30. The fourth-order valence-electron chi connectivity index (χ4n) is 0.548. The number of rotatable bonds is 4. The molecule has 0 aromatic heterocycles. The minimum atomic E-state index is -8.33. The molecule has 0 aromatic rings. The molecule has 0 N–H and O–H groups in total. The third-order valence-corrected chi connectivity index (χ3v) is 3.34. The van der Waals surface area contributed by atoms with Gasteiger partial charge in [0.2, 0.25) is 0 Å². The fourth-order valence-corrected chi connectivity index (χ4v) is 0.548. The molecule has 444 valence electrons. The Morgan fingerprint density at radius 1 is 0.444 bits per heavy atom. The first-order valence-corrected chi connectivity index (χ1v) is 77.0. The molecule has 0 heterocycles. The van der Waals surface area contributed by atoms with Gasteiger partial charge < -0.3 is 0 Å². The van der Waals surface area contributed by atoms with Crippen LogP contribution in [0, 0.1) is 102 Å². The molecule has 0 amide bonds. The summed E-state index contributed by atoms with van der Waals surface area (Å²) in [6, 6.07) is 12.6. The molecule has 72 heavy (non-hydrogen) atoms. The van der Waals surface area contributed by atoms with E-state index in [2.05, 4.69) is 147 Å². The molecule has 6 nitrogen and oxygen atoms in total. The summed E-state index contributed by atoms with van der Waals surface area (Å²) in [5, 5.41) is 48.4. The van der Waals surface area contributed by atoms with Crippen molar-refractivity contribution in [1.29, 1.82) is 31.6 Å². The van der Waals surface area contributed by atoms with E-state index in [9.17, 15) is 54.4 Å². The monoisotopic (exact) mass is 2080 g/mol. The number of nitrogens with zero attached hydrogens (tertiary/aromatic N) is 6. The summed E-state index contributed by atoms with van der Waals surface area (Å²) in [7, 11) is 46.8. The van der Waals surface area contributed by atoms with E-state index >= 15 is 0 Å². The fraction of sp³-hybridized carbons (Fsp3) is 0.800. The van der Waals surface area contributed by atoms with Gasteiger partial charge in [-0.1, -0.05) is 41.5 Å². The molecule has 42 heteroatoms. The topological polar surface area (TPSA) is 143 Å². The quantitative estimate of drug-likeness (QED) is 0.203. The van der Waals surface area contributed by atoms with Crippen LogP contribution >= 0.6 is 110 Å². The van der Waals surface area contributed by atoms with Crippen LogP contribution in [0.1, 0.15) is 123 Å². The van der Waals surface area contributed by atoms with E-state index in [1.165, 1.54) is 0 Å². The normalized spacial score (nSPS) is 14.8. The van der Waals surface area contributed by atoms with Crippen LogP contribution in [0.2, 0.25) is 0 Å². The second kappa shape index (κ2) is 42.4. The summed E-state index contributed by atoms with van der Waals surface area (Å²) in [6.07, 6.45) is 3.30. The summed E-state index contributed by atoms with van der Waals surface area (Å²) in [6.45, 7) is 27.3. The molecule has 0 aliphatic heterocycles. The zero-order valence-corrected chi connectivity index (χ0v) is 65.2. The van der Waals surface area contributed by atoms with Gasteiger partial charge >= 0.3 is 256 Å². The first-order valence-electron chi connectivity index (χ1n) is 17.7. The van der Waals surface area contributed by atoms with Gasteiger partial charge in [0.1, 0.15) is 0 Å². The van der Waals surface area contributed by atoms with Crippen LogP contribution in [-0.4, -0.2) is 0 Å². The van der Waals surface area contributed by atoms with Crippen molar-refractivity contribution in [3.05, 3.63) is 0 Å². The van der Waals surface area contributed by atoms with Crippen LogP contribution in [0.3, 0.4) is 0 Å². The van der Waals surface area contributed by atoms with E-state index in [-0.39, 0.29) is 22.7 Å². The maximum atomic E-state index is 11.2. The zero-order chi connectivity index (χ0) is 63.1. The molecule has 0 saturated carbocycles. The second-order valence-corrected chi connectivity index (χ2v) is 95.8. The molecule has 2 unspecified atom stereocenters. The van der Waals surface area contributed by atoms with E-state index in [0.717, 1.165) is 12.8 Å². The van der Waals surface area contributed by atoms with Crippen LogP contribution in [0.4, 0.5) is 54.4 Å². The van der Waals surface area contributed by atoms with Crippen molar-refractivity contribution in [1.82, 2.24) is 0 Å². The van der Waals surface area contributed by atoms with E-state index in [1.54, 1.807) is 0 Å². The first kappa shape index (κ1) is 104. The van der Waals surface area contributed by atoms with Crippen LogP contribution in [0.25, 0.3) is 0 Å². The maximum absolute atomic E-state index is 11.2. The molecule has 0 aliphatic carbocycles. The van der Waals surface area contributed by atoms with Gasteiger partial charge in [-0.05, 0) is 80.1 Å². The van der Waals surface area contributed by atoms with Crippen molar-refractivity contribution in [2.24, 2.45) is 34.5 Å². The number of hydrogen-bond donors (Lipinski definition) is 0. The SMILES string of the molecule is CC(C)(C)C#N.CC(C)(C)C#N.CC(C)CC#N.CC(C)CC#N.CCC(C)C#N.CCC(C)C#N.[F][Nb]([F])([Cl])([Cl])[Cl].[F][Nb]([F])([F])([Cl])[Cl].[F][Nb]([F])([F])([F])[Cl].[F][Ta]([F])([Cl])([Cl])[Cl].[F][Ta]([F])([F])([Cl])[Cl].[F][Ta]([F])([F])([F])[Cl]. The van der Waals surface area contributed by atoms with Crippen LogP contribution in [0.15, 0.2) is 0 Å². The van der Waals surface area contributed by atoms with Crippen molar-refractivity contribution in [2.45, 2.75) is 123 Å². The van der Waals surface area contributed by atoms with Gasteiger partial charge in [0.15, 0.2) is 0 Å². The molecule has 0 fully saturated rings. The van der Waals surface area contributed by atoms with Crippen LogP contribution < -0.4 is 0 Å². The zero-order valence-electron chi connectivity index (χ0n) is 39.8. The van der Waals surface area contributed by atoms with Gasteiger partial charge in [0, 0.05) is 35.5 Å². The first-order chi connectivity index (χ1) is 29.7. The molecular formula is C30H54Cl12F18N6Nb3Ta3. The Bertz CT molecular complexity index is 1380. The molecular weight excluding hydrogens is 2030 g/mol. The summed E-state index contributed by atoms with van der Waals surface area (Å²) in [4.78, 5) is 0.